The number of halogens is 2. The van der Waals surface area contributed by atoms with Crippen LogP contribution in [0.4, 0.5) is 8.78 Å². The minimum Gasteiger partial charge on any atom is -0.388 e. The van der Waals surface area contributed by atoms with E-state index in [9.17, 15) is 17.2 Å². The molecule has 106 valence electrons. The summed E-state index contributed by atoms with van der Waals surface area (Å²) in [5.74, 6) is -2.19. The molecule has 1 aromatic carbocycles. The third-order valence-corrected chi connectivity index (χ3v) is 4.02. The van der Waals surface area contributed by atoms with E-state index in [0.717, 1.165) is 12.1 Å². The van der Waals surface area contributed by atoms with E-state index in [-0.39, 0.29) is 12.3 Å². The van der Waals surface area contributed by atoms with Gasteiger partial charge in [-0.3, -0.25) is 5.41 Å². The summed E-state index contributed by atoms with van der Waals surface area (Å²) in [5.41, 5.74) is 5.20. The number of sulfonamides is 1. The van der Waals surface area contributed by atoms with Gasteiger partial charge in [0.05, 0.1) is 5.84 Å². The minimum absolute atomic E-state index is 0.0263. The molecule has 0 fully saturated rings. The van der Waals surface area contributed by atoms with Crippen LogP contribution in [0.25, 0.3) is 0 Å². The first-order chi connectivity index (χ1) is 8.76. The second-order valence-corrected chi connectivity index (χ2v) is 5.71. The average Bonchev–Trinajstić information content (AvgIpc) is 2.26. The summed E-state index contributed by atoms with van der Waals surface area (Å²) in [4.78, 5) is -0.629. The third kappa shape index (κ3) is 4.25. The molecule has 0 aliphatic rings. The summed E-state index contributed by atoms with van der Waals surface area (Å²) in [5, 5.41) is 7.13. The fourth-order valence-corrected chi connectivity index (χ4v) is 2.89. The first-order valence-corrected chi connectivity index (χ1v) is 7.05. The van der Waals surface area contributed by atoms with E-state index in [1.807, 2.05) is 0 Å². The third-order valence-electron chi connectivity index (χ3n) is 2.46. The Labute approximate surface area is 110 Å². The summed E-state index contributed by atoms with van der Waals surface area (Å²) in [6, 6.07) is 1.62. The molecule has 0 amide bonds. The molecule has 1 unspecified atom stereocenters. The van der Waals surface area contributed by atoms with Gasteiger partial charge in [-0.2, -0.15) is 0 Å². The van der Waals surface area contributed by atoms with Crippen LogP contribution in [0.1, 0.15) is 19.8 Å². The van der Waals surface area contributed by atoms with Gasteiger partial charge in [0.15, 0.2) is 0 Å². The Morgan fingerprint density at radius 3 is 2.58 bits per heavy atom. The van der Waals surface area contributed by atoms with Crippen molar-refractivity contribution >= 4 is 15.9 Å². The Kier molecular flexibility index (Phi) is 4.96. The number of nitrogens with one attached hydrogen (secondary N) is 2. The van der Waals surface area contributed by atoms with Gasteiger partial charge in [0.1, 0.15) is 16.5 Å². The van der Waals surface area contributed by atoms with Gasteiger partial charge in [-0.15, -0.1) is 0 Å². The molecule has 1 atom stereocenters. The van der Waals surface area contributed by atoms with E-state index < -0.39 is 32.6 Å². The number of amidine groups is 1. The van der Waals surface area contributed by atoms with Gasteiger partial charge < -0.3 is 5.73 Å². The molecule has 0 heterocycles. The highest BCUT2D eigenvalue weighted by Gasteiger charge is 2.23. The Hall–Kier alpha value is -1.54. The summed E-state index contributed by atoms with van der Waals surface area (Å²) < 4.78 is 52.3. The van der Waals surface area contributed by atoms with Crippen molar-refractivity contribution in [1.82, 2.24) is 4.72 Å². The van der Waals surface area contributed by atoms with Crippen molar-refractivity contribution in [3.8, 4) is 0 Å². The van der Waals surface area contributed by atoms with E-state index in [4.69, 9.17) is 11.1 Å². The Balaban J connectivity index is 3.00. The number of benzene rings is 1. The molecule has 19 heavy (non-hydrogen) atoms. The molecular weight excluding hydrogens is 276 g/mol. The van der Waals surface area contributed by atoms with Crippen molar-refractivity contribution in [2.75, 3.05) is 0 Å². The first kappa shape index (κ1) is 15.5. The lowest BCUT2D eigenvalue weighted by Gasteiger charge is -2.16. The van der Waals surface area contributed by atoms with Crippen LogP contribution in [0, 0.1) is 17.0 Å². The molecule has 1 aromatic rings. The van der Waals surface area contributed by atoms with Crippen molar-refractivity contribution in [3.05, 3.63) is 29.8 Å². The molecule has 0 radical (unpaired) electrons. The lowest BCUT2D eigenvalue weighted by Crippen LogP contribution is -2.37. The van der Waals surface area contributed by atoms with E-state index in [1.54, 1.807) is 6.92 Å². The molecule has 5 nitrogen and oxygen atoms in total. The topological polar surface area (TPSA) is 96.0 Å². The van der Waals surface area contributed by atoms with Gasteiger partial charge in [0, 0.05) is 18.5 Å². The van der Waals surface area contributed by atoms with Gasteiger partial charge in [-0.05, 0) is 18.6 Å². The van der Waals surface area contributed by atoms with Gasteiger partial charge in [-0.1, -0.05) is 6.92 Å². The van der Waals surface area contributed by atoms with Gasteiger partial charge in [0.25, 0.3) is 0 Å². The zero-order valence-electron chi connectivity index (χ0n) is 10.3. The quantitative estimate of drug-likeness (QED) is 0.545. The van der Waals surface area contributed by atoms with Crippen LogP contribution in [0.3, 0.4) is 0 Å². The predicted molar refractivity (Wildman–Crippen MR) is 67.3 cm³/mol. The maximum Gasteiger partial charge on any atom is 0.243 e. The van der Waals surface area contributed by atoms with Crippen molar-refractivity contribution in [2.45, 2.75) is 30.7 Å². The Bertz CT molecular complexity index is 575. The summed E-state index contributed by atoms with van der Waals surface area (Å²) in [6.45, 7) is 1.71. The van der Waals surface area contributed by atoms with E-state index >= 15 is 0 Å². The van der Waals surface area contributed by atoms with Crippen LogP contribution in [0.15, 0.2) is 23.1 Å². The molecule has 1 rings (SSSR count). The van der Waals surface area contributed by atoms with Crippen molar-refractivity contribution < 1.29 is 17.2 Å². The fourth-order valence-electron chi connectivity index (χ4n) is 1.51. The summed E-state index contributed by atoms with van der Waals surface area (Å²) in [6.07, 6.45) is 0.417. The normalized spacial score (nSPS) is 13.2. The number of rotatable bonds is 6. The maximum absolute atomic E-state index is 13.4. The lowest BCUT2D eigenvalue weighted by molar-refractivity contribution is 0.526. The van der Waals surface area contributed by atoms with Crippen LogP contribution in [-0.4, -0.2) is 20.3 Å². The molecule has 0 aromatic heterocycles. The molecule has 8 heteroatoms. The number of hydrogen-bond donors (Lipinski definition) is 3. The van der Waals surface area contributed by atoms with Crippen molar-refractivity contribution in [1.29, 1.82) is 5.41 Å². The SMILES string of the molecule is CCC(CC(=N)N)NS(=O)(=O)c1ccc(F)cc1F. The van der Waals surface area contributed by atoms with E-state index in [0.29, 0.717) is 12.5 Å². The van der Waals surface area contributed by atoms with E-state index in [1.165, 1.54) is 0 Å². The Morgan fingerprint density at radius 1 is 1.47 bits per heavy atom. The van der Waals surface area contributed by atoms with Gasteiger partial charge in [-0.25, -0.2) is 21.9 Å². The van der Waals surface area contributed by atoms with Crippen LogP contribution in [-0.2, 0) is 10.0 Å². The summed E-state index contributed by atoms with van der Waals surface area (Å²) >= 11 is 0. The van der Waals surface area contributed by atoms with E-state index in [2.05, 4.69) is 4.72 Å². The molecule has 0 spiro atoms. The smallest absolute Gasteiger partial charge is 0.243 e. The molecule has 4 N–H and O–H groups in total. The lowest BCUT2D eigenvalue weighted by atomic mass is 10.1. The Morgan fingerprint density at radius 2 is 2.11 bits per heavy atom. The highest BCUT2D eigenvalue weighted by Crippen LogP contribution is 2.16. The monoisotopic (exact) mass is 291 g/mol. The molecule has 0 saturated carbocycles. The highest BCUT2D eigenvalue weighted by atomic mass is 32.2. The van der Waals surface area contributed by atoms with Crippen LogP contribution < -0.4 is 10.5 Å². The van der Waals surface area contributed by atoms with Crippen LogP contribution in [0.2, 0.25) is 0 Å². The van der Waals surface area contributed by atoms with Crippen molar-refractivity contribution in [3.63, 3.8) is 0 Å². The number of nitrogens with two attached hydrogens (primary N) is 1. The predicted octanol–water partition coefficient (Wildman–Crippen LogP) is 1.35. The molecule has 0 aliphatic heterocycles. The molecule has 0 bridgehead atoms. The molecular formula is C11H15F2N3O2S. The standard InChI is InChI=1S/C11H15F2N3O2S/c1-2-8(6-11(14)15)16-19(17,18)10-4-3-7(12)5-9(10)13/h3-5,8,16H,2,6H2,1H3,(H3,14,15). The van der Waals surface area contributed by atoms with Gasteiger partial charge in [0.2, 0.25) is 10.0 Å². The highest BCUT2D eigenvalue weighted by molar-refractivity contribution is 7.89. The second kappa shape index (κ2) is 6.07. The second-order valence-electron chi connectivity index (χ2n) is 4.03. The molecule has 0 saturated heterocycles. The van der Waals surface area contributed by atoms with Crippen molar-refractivity contribution in [2.24, 2.45) is 5.73 Å². The fraction of sp³-hybridized carbons (Fsp3) is 0.364. The first-order valence-electron chi connectivity index (χ1n) is 5.56. The molecule has 0 aliphatic carbocycles. The maximum atomic E-state index is 13.4. The average molecular weight is 291 g/mol. The number of hydrogen-bond acceptors (Lipinski definition) is 3. The zero-order valence-corrected chi connectivity index (χ0v) is 11.1. The van der Waals surface area contributed by atoms with Crippen LogP contribution in [0.5, 0.6) is 0 Å². The minimum atomic E-state index is -4.11. The largest absolute Gasteiger partial charge is 0.388 e. The van der Waals surface area contributed by atoms with Gasteiger partial charge >= 0.3 is 0 Å². The zero-order chi connectivity index (χ0) is 14.6. The summed E-state index contributed by atoms with van der Waals surface area (Å²) in [7, 11) is -4.11. The van der Waals surface area contributed by atoms with Crippen LogP contribution >= 0.6 is 0 Å².